The molecule has 1 aromatic rings. The molecule has 0 spiro atoms. The van der Waals surface area contributed by atoms with Crippen LogP contribution in [0.3, 0.4) is 0 Å². The molecule has 2 rings (SSSR count). The number of ketones is 1. The lowest BCUT2D eigenvalue weighted by molar-refractivity contribution is 0.0682. The molecule has 104 valence electrons. The number of carbonyl (C=O) groups excluding carboxylic acids is 1. The lowest BCUT2D eigenvalue weighted by Crippen LogP contribution is -2.53. The molecule has 1 heterocycles. The number of hydrogen-bond acceptors (Lipinski definition) is 3. The second-order valence-corrected chi connectivity index (χ2v) is 6.08. The molecular formula is C13H15BrClFN2O. The minimum atomic E-state index is -0.650. The summed E-state index contributed by atoms with van der Waals surface area (Å²) >= 11 is 8.98. The molecule has 0 aromatic heterocycles. The fraction of sp³-hybridized carbons (Fsp3) is 0.462. The minimum absolute atomic E-state index is 0.0438. The zero-order valence-electron chi connectivity index (χ0n) is 10.8. The van der Waals surface area contributed by atoms with Crippen molar-refractivity contribution in [2.75, 3.05) is 33.7 Å². The summed E-state index contributed by atoms with van der Waals surface area (Å²) in [7, 11) is 3.84. The number of hydrogen-bond donors (Lipinski definition) is 0. The summed E-state index contributed by atoms with van der Waals surface area (Å²) in [4.78, 5) is 16.5. The lowest BCUT2D eigenvalue weighted by Gasteiger charge is -2.36. The molecule has 0 N–H and O–H groups in total. The van der Waals surface area contributed by atoms with Gasteiger partial charge in [0, 0.05) is 24.1 Å². The molecule has 0 bridgehead atoms. The quantitative estimate of drug-likeness (QED) is 0.606. The molecule has 1 atom stereocenters. The molecule has 0 aliphatic carbocycles. The van der Waals surface area contributed by atoms with Crippen molar-refractivity contribution in [1.82, 2.24) is 9.80 Å². The second-order valence-electron chi connectivity index (χ2n) is 4.85. The zero-order valence-corrected chi connectivity index (χ0v) is 13.1. The summed E-state index contributed by atoms with van der Waals surface area (Å²) in [6, 6.07) is 2.76. The van der Waals surface area contributed by atoms with Gasteiger partial charge in [0.15, 0.2) is 11.6 Å². The maximum absolute atomic E-state index is 14.1. The maximum atomic E-state index is 14.1. The first-order valence-electron chi connectivity index (χ1n) is 5.98. The minimum Gasteiger partial charge on any atom is -0.303 e. The van der Waals surface area contributed by atoms with Gasteiger partial charge >= 0.3 is 0 Å². The van der Waals surface area contributed by atoms with E-state index in [1.54, 1.807) is 6.07 Å². The fourth-order valence-electron chi connectivity index (χ4n) is 2.19. The zero-order chi connectivity index (χ0) is 14.2. The van der Waals surface area contributed by atoms with Gasteiger partial charge in [0.1, 0.15) is 0 Å². The molecule has 1 aliphatic heterocycles. The molecule has 1 aliphatic rings. The van der Waals surface area contributed by atoms with Crippen LogP contribution in [0.15, 0.2) is 16.6 Å². The number of nitrogens with zero attached hydrogens (tertiary/aromatic N) is 2. The Labute approximate surface area is 125 Å². The monoisotopic (exact) mass is 348 g/mol. The van der Waals surface area contributed by atoms with Crippen LogP contribution in [0.5, 0.6) is 0 Å². The molecule has 0 radical (unpaired) electrons. The predicted octanol–water partition coefficient (Wildman–Crippen LogP) is 2.67. The van der Waals surface area contributed by atoms with Crippen molar-refractivity contribution in [3.8, 4) is 0 Å². The molecule has 6 heteroatoms. The number of rotatable bonds is 2. The van der Waals surface area contributed by atoms with Crippen LogP contribution in [0, 0.1) is 5.82 Å². The van der Waals surface area contributed by atoms with Crippen molar-refractivity contribution in [3.05, 3.63) is 33.0 Å². The van der Waals surface area contributed by atoms with E-state index in [0.717, 1.165) is 13.1 Å². The maximum Gasteiger partial charge on any atom is 0.184 e. The number of Topliss-reactive ketones (excluding diaryl/α,β-unsaturated/α-hetero) is 1. The van der Waals surface area contributed by atoms with Crippen LogP contribution in [0.4, 0.5) is 4.39 Å². The number of piperazine rings is 1. The van der Waals surface area contributed by atoms with E-state index < -0.39 is 5.82 Å². The molecule has 0 saturated carbocycles. The average Bonchev–Trinajstić information content (AvgIpc) is 2.38. The number of carbonyl (C=O) groups is 1. The van der Waals surface area contributed by atoms with Crippen LogP contribution in [0.1, 0.15) is 10.4 Å². The molecule has 3 nitrogen and oxygen atoms in total. The Kier molecular flexibility index (Phi) is 4.61. The Bertz CT molecular complexity index is 512. The molecule has 0 amide bonds. The average molecular weight is 350 g/mol. The standard InChI is InChI=1S/C13H15BrClFN2O/c1-17-5-6-18(2)10(7-17)13(19)8-3-4-9(14)11(15)12(8)16/h3-4,10H,5-7H2,1-2H3. The topological polar surface area (TPSA) is 23.6 Å². The van der Waals surface area contributed by atoms with Gasteiger partial charge in [-0.3, -0.25) is 9.69 Å². The van der Waals surface area contributed by atoms with E-state index in [4.69, 9.17) is 11.6 Å². The summed E-state index contributed by atoms with van der Waals surface area (Å²) in [5.41, 5.74) is 0.0559. The van der Waals surface area contributed by atoms with Gasteiger partial charge in [-0.1, -0.05) is 11.6 Å². The van der Waals surface area contributed by atoms with E-state index >= 15 is 0 Å². The normalized spacial score (nSPS) is 21.6. The van der Waals surface area contributed by atoms with E-state index in [9.17, 15) is 9.18 Å². The molecule has 1 fully saturated rings. The Hall–Kier alpha value is -0.490. The third kappa shape index (κ3) is 2.99. The summed E-state index contributed by atoms with van der Waals surface area (Å²) in [5.74, 6) is -0.872. The van der Waals surface area contributed by atoms with E-state index in [1.807, 2.05) is 19.0 Å². The molecule has 19 heavy (non-hydrogen) atoms. The first kappa shape index (κ1) is 14.9. The largest absolute Gasteiger partial charge is 0.303 e. The van der Waals surface area contributed by atoms with Crippen molar-refractivity contribution in [3.63, 3.8) is 0 Å². The Morgan fingerprint density at radius 1 is 1.42 bits per heavy atom. The van der Waals surface area contributed by atoms with Gasteiger partial charge < -0.3 is 4.90 Å². The van der Waals surface area contributed by atoms with Crippen LogP contribution in [0.25, 0.3) is 0 Å². The smallest absolute Gasteiger partial charge is 0.184 e. The Morgan fingerprint density at radius 3 is 2.79 bits per heavy atom. The lowest BCUT2D eigenvalue weighted by atomic mass is 10.0. The number of likely N-dealkylation sites (N-methyl/N-ethyl adjacent to an activating group) is 2. The molecular weight excluding hydrogens is 335 g/mol. The molecule has 1 aromatic carbocycles. The highest BCUT2D eigenvalue weighted by Crippen LogP contribution is 2.28. The Morgan fingerprint density at radius 2 is 2.11 bits per heavy atom. The van der Waals surface area contributed by atoms with Gasteiger partial charge in [0.05, 0.1) is 16.6 Å². The number of halogens is 3. The van der Waals surface area contributed by atoms with Gasteiger partial charge in [-0.25, -0.2) is 4.39 Å². The summed E-state index contributed by atoms with van der Waals surface area (Å²) < 4.78 is 14.5. The SMILES string of the molecule is CN1CCN(C)C(C(=O)c2ccc(Br)c(Cl)c2F)C1. The van der Waals surface area contributed by atoms with Gasteiger partial charge in [-0.05, 0) is 42.2 Å². The summed E-state index contributed by atoms with van der Waals surface area (Å²) in [5, 5.41) is -0.0438. The van der Waals surface area contributed by atoms with Crippen molar-refractivity contribution in [1.29, 1.82) is 0 Å². The highest BCUT2D eigenvalue weighted by Gasteiger charge is 2.31. The van der Waals surface area contributed by atoms with Gasteiger partial charge in [-0.15, -0.1) is 0 Å². The number of benzene rings is 1. The fourth-order valence-corrected chi connectivity index (χ4v) is 2.66. The van der Waals surface area contributed by atoms with E-state index in [2.05, 4.69) is 20.8 Å². The van der Waals surface area contributed by atoms with Crippen LogP contribution in [-0.2, 0) is 0 Å². The van der Waals surface area contributed by atoms with Gasteiger partial charge in [0.2, 0.25) is 0 Å². The van der Waals surface area contributed by atoms with E-state index in [-0.39, 0.29) is 22.4 Å². The van der Waals surface area contributed by atoms with Crippen LogP contribution < -0.4 is 0 Å². The third-order valence-electron chi connectivity index (χ3n) is 3.45. The van der Waals surface area contributed by atoms with Crippen LogP contribution >= 0.6 is 27.5 Å². The van der Waals surface area contributed by atoms with Gasteiger partial charge in [-0.2, -0.15) is 0 Å². The first-order chi connectivity index (χ1) is 8.91. The van der Waals surface area contributed by atoms with Crippen molar-refractivity contribution >= 4 is 33.3 Å². The van der Waals surface area contributed by atoms with Crippen molar-refractivity contribution in [2.24, 2.45) is 0 Å². The van der Waals surface area contributed by atoms with E-state index in [1.165, 1.54) is 6.07 Å². The summed E-state index contributed by atoms with van der Waals surface area (Å²) in [6.45, 7) is 2.30. The first-order valence-corrected chi connectivity index (χ1v) is 7.15. The Balaban J connectivity index is 2.31. The second kappa shape index (κ2) is 5.87. The van der Waals surface area contributed by atoms with Crippen molar-refractivity contribution in [2.45, 2.75) is 6.04 Å². The molecule has 1 saturated heterocycles. The highest BCUT2D eigenvalue weighted by atomic mass is 79.9. The predicted molar refractivity (Wildman–Crippen MR) is 77.4 cm³/mol. The van der Waals surface area contributed by atoms with Crippen molar-refractivity contribution < 1.29 is 9.18 Å². The highest BCUT2D eigenvalue weighted by molar-refractivity contribution is 9.10. The van der Waals surface area contributed by atoms with Gasteiger partial charge in [0.25, 0.3) is 0 Å². The van der Waals surface area contributed by atoms with Crippen LogP contribution in [0.2, 0.25) is 5.02 Å². The van der Waals surface area contributed by atoms with Crippen LogP contribution in [-0.4, -0.2) is 55.4 Å². The molecule has 1 unspecified atom stereocenters. The summed E-state index contributed by atoms with van der Waals surface area (Å²) in [6.07, 6.45) is 0. The van der Waals surface area contributed by atoms with E-state index in [0.29, 0.717) is 11.0 Å². The third-order valence-corrected chi connectivity index (χ3v) is 4.71.